The summed E-state index contributed by atoms with van der Waals surface area (Å²) in [5, 5.41) is 9.75. The van der Waals surface area contributed by atoms with Crippen molar-refractivity contribution in [2.45, 2.75) is 38.7 Å². The molecule has 1 N–H and O–H groups in total. The lowest BCUT2D eigenvalue weighted by molar-refractivity contribution is 0.135. The number of unbranched alkanes of at least 4 members (excludes halogenated alkanes) is 2. The van der Waals surface area contributed by atoms with Crippen molar-refractivity contribution in [3.8, 4) is 0 Å². The Hall–Kier alpha value is 0.200. The highest BCUT2D eigenvalue weighted by Crippen LogP contribution is 2.31. The highest BCUT2D eigenvalue weighted by molar-refractivity contribution is 9.13. The van der Waals surface area contributed by atoms with Gasteiger partial charge in [-0.05, 0) is 44.3 Å². The van der Waals surface area contributed by atoms with Crippen LogP contribution in [0.3, 0.4) is 0 Å². The molecule has 2 nitrogen and oxygen atoms in total. The molecular formula is C10H14Br2O2. The van der Waals surface area contributed by atoms with Crippen LogP contribution in [0.15, 0.2) is 19.6 Å². The fraction of sp³-hybridized carbons (Fsp3) is 0.600. The molecule has 1 aromatic rings. The minimum absolute atomic E-state index is 0.482. The number of hydrogen-bond acceptors (Lipinski definition) is 2. The standard InChI is InChI=1S/C10H14Br2O2/c1-2-3-4-5-8(13)9-6-7(11)10(12)14-9/h6,8,13H,2-5H2,1H3. The van der Waals surface area contributed by atoms with Gasteiger partial charge in [-0.3, -0.25) is 0 Å². The van der Waals surface area contributed by atoms with Gasteiger partial charge >= 0.3 is 0 Å². The second kappa shape index (κ2) is 5.93. The molecule has 1 unspecified atom stereocenters. The highest BCUT2D eigenvalue weighted by atomic mass is 79.9. The van der Waals surface area contributed by atoms with Crippen LogP contribution in [-0.4, -0.2) is 5.11 Å². The lowest BCUT2D eigenvalue weighted by Crippen LogP contribution is -1.94. The van der Waals surface area contributed by atoms with Gasteiger partial charge < -0.3 is 9.52 Å². The molecule has 0 aromatic carbocycles. The summed E-state index contributed by atoms with van der Waals surface area (Å²) in [5.74, 6) is 0.625. The molecule has 0 radical (unpaired) electrons. The van der Waals surface area contributed by atoms with Crippen LogP contribution in [0.4, 0.5) is 0 Å². The van der Waals surface area contributed by atoms with Crippen molar-refractivity contribution in [2.24, 2.45) is 0 Å². The Morgan fingerprint density at radius 1 is 1.43 bits per heavy atom. The molecular weight excluding hydrogens is 312 g/mol. The topological polar surface area (TPSA) is 33.4 Å². The Labute approximate surface area is 101 Å². The van der Waals surface area contributed by atoms with Gasteiger partial charge in [-0.25, -0.2) is 0 Å². The lowest BCUT2D eigenvalue weighted by Gasteiger charge is -2.05. The van der Waals surface area contributed by atoms with Gasteiger partial charge in [-0.2, -0.15) is 0 Å². The fourth-order valence-corrected chi connectivity index (χ4v) is 1.87. The lowest BCUT2D eigenvalue weighted by atomic mass is 10.1. The summed E-state index contributed by atoms with van der Waals surface area (Å²) in [6.45, 7) is 2.15. The molecule has 1 rings (SSSR count). The van der Waals surface area contributed by atoms with Crippen LogP contribution in [0.2, 0.25) is 0 Å². The van der Waals surface area contributed by atoms with Crippen LogP contribution in [-0.2, 0) is 0 Å². The Morgan fingerprint density at radius 2 is 2.14 bits per heavy atom. The van der Waals surface area contributed by atoms with Gasteiger partial charge in [0.25, 0.3) is 0 Å². The summed E-state index contributed by atoms with van der Waals surface area (Å²) in [7, 11) is 0. The first-order valence-electron chi connectivity index (χ1n) is 4.78. The van der Waals surface area contributed by atoms with Crippen molar-refractivity contribution in [1.82, 2.24) is 0 Å². The van der Waals surface area contributed by atoms with E-state index in [1.54, 1.807) is 6.07 Å². The van der Waals surface area contributed by atoms with E-state index < -0.39 is 6.10 Å². The average Bonchev–Trinajstić information content (AvgIpc) is 2.47. The molecule has 0 saturated carbocycles. The maximum absolute atomic E-state index is 9.75. The van der Waals surface area contributed by atoms with Gasteiger partial charge in [0.05, 0.1) is 4.47 Å². The second-order valence-corrected chi connectivity index (χ2v) is 4.86. The van der Waals surface area contributed by atoms with E-state index in [1.165, 1.54) is 0 Å². The SMILES string of the molecule is CCCCCC(O)c1cc(Br)c(Br)o1. The van der Waals surface area contributed by atoms with Gasteiger partial charge in [0, 0.05) is 0 Å². The number of furan rings is 1. The van der Waals surface area contributed by atoms with Crippen LogP contribution in [0, 0.1) is 0 Å². The van der Waals surface area contributed by atoms with Gasteiger partial charge in [0.1, 0.15) is 11.9 Å². The van der Waals surface area contributed by atoms with E-state index in [2.05, 4.69) is 38.8 Å². The van der Waals surface area contributed by atoms with E-state index in [1.807, 2.05) is 0 Å². The van der Waals surface area contributed by atoms with Gasteiger partial charge in [0.15, 0.2) is 4.67 Å². The first kappa shape index (κ1) is 12.3. The Balaban J connectivity index is 2.47. The number of rotatable bonds is 5. The molecule has 0 aliphatic carbocycles. The molecule has 0 fully saturated rings. The van der Waals surface area contributed by atoms with Crippen molar-refractivity contribution in [2.75, 3.05) is 0 Å². The summed E-state index contributed by atoms with van der Waals surface area (Å²) in [5.41, 5.74) is 0. The third-order valence-electron chi connectivity index (χ3n) is 2.07. The number of aliphatic hydroxyl groups excluding tert-OH is 1. The van der Waals surface area contributed by atoms with Crippen LogP contribution < -0.4 is 0 Å². The quantitative estimate of drug-likeness (QED) is 0.813. The summed E-state index contributed by atoms with van der Waals surface area (Å²) >= 11 is 6.56. The fourth-order valence-electron chi connectivity index (χ4n) is 1.26. The monoisotopic (exact) mass is 324 g/mol. The van der Waals surface area contributed by atoms with Gasteiger partial charge in [-0.15, -0.1) is 0 Å². The smallest absolute Gasteiger partial charge is 0.183 e. The minimum Gasteiger partial charge on any atom is -0.450 e. The number of halogens is 2. The van der Waals surface area contributed by atoms with Crippen LogP contribution in [0.5, 0.6) is 0 Å². The van der Waals surface area contributed by atoms with E-state index in [4.69, 9.17) is 4.42 Å². The molecule has 1 aromatic heterocycles. The Kier molecular flexibility index (Phi) is 5.20. The molecule has 4 heteroatoms. The van der Waals surface area contributed by atoms with Crippen molar-refractivity contribution in [3.05, 3.63) is 21.0 Å². The van der Waals surface area contributed by atoms with E-state index in [-0.39, 0.29) is 0 Å². The van der Waals surface area contributed by atoms with E-state index >= 15 is 0 Å². The van der Waals surface area contributed by atoms with Crippen molar-refractivity contribution in [3.63, 3.8) is 0 Å². The van der Waals surface area contributed by atoms with Crippen molar-refractivity contribution < 1.29 is 9.52 Å². The Bertz CT molecular complexity index is 264. The summed E-state index contributed by atoms with van der Waals surface area (Å²) in [6.07, 6.45) is 3.64. The zero-order valence-electron chi connectivity index (χ0n) is 8.09. The van der Waals surface area contributed by atoms with Crippen LogP contribution in [0.1, 0.15) is 44.5 Å². The van der Waals surface area contributed by atoms with Crippen molar-refractivity contribution >= 4 is 31.9 Å². The number of hydrogen-bond donors (Lipinski definition) is 1. The second-order valence-electron chi connectivity index (χ2n) is 3.28. The highest BCUT2D eigenvalue weighted by Gasteiger charge is 2.14. The van der Waals surface area contributed by atoms with Crippen molar-refractivity contribution in [1.29, 1.82) is 0 Å². The van der Waals surface area contributed by atoms with E-state index in [9.17, 15) is 5.11 Å². The minimum atomic E-state index is -0.482. The number of aliphatic hydroxyl groups is 1. The van der Waals surface area contributed by atoms with Gasteiger partial charge in [0.2, 0.25) is 0 Å². The predicted molar refractivity (Wildman–Crippen MR) is 63.2 cm³/mol. The van der Waals surface area contributed by atoms with Crippen LogP contribution >= 0.6 is 31.9 Å². The zero-order chi connectivity index (χ0) is 10.6. The molecule has 0 bridgehead atoms. The first-order chi connectivity index (χ1) is 6.65. The summed E-state index contributed by atoms with van der Waals surface area (Å²) < 4.78 is 6.82. The predicted octanol–water partition coefficient (Wildman–Crippen LogP) is 4.42. The third-order valence-corrected chi connectivity index (χ3v) is 3.78. The summed E-state index contributed by atoms with van der Waals surface area (Å²) in [6, 6.07) is 1.81. The maximum Gasteiger partial charge on any atom is 0.183 e. The largest absolute Gasteiger partial charge is 0.450 e. The molecule has 0 aliphatic rings. The summed E-state index contributed by atoms with van der Waals surface area (Å²) in [4.78, 5) is 0. The normalized spacial score (nSPS) is 13.1. The van der Waals surface area contributed by atoms with Gasteiger partial charge in [-0.1, -0.05) is 26.2 Å². The molecule has 14 heavy (non-hydrogen) atoms. The molecule has 0 spiro atoms. The Morgan fingerprint density at radius 3 is 2.64 bits per heavy atom. The zero-order valence-corrected chi connectivity index (χ0v) is 11.3. The molecule has 80 valence electrons. The van der Waals surface area contributed by atoms with E-state index in [0.717, 1.165) is 30.2 Å². The van der Waals surface area contributed by atoms with E-state index in [0.29, 0.717) is 10.4 Å². The molecule has 0 saturated heterocycles. The molecule has 0 amide bonds. The van der Waals surface area contributed by atoms with Crippen LogP contribution in [0.25, 0.3) is 0 Å². The maximum atomic E-state index is 9.75. The molecule has 1 heterocycles. The molecule has 1 atom stereocenters. The third kappa shape index (κ3) is 3.41. The molecule has 0 aliphatic heterocycles. The average molecular weight is 326 g/mol. The first-order valence-corrected chi connectivity index (χ1v) is 6.36.